The number of nitrogens with zero attached hydrogens (tertiary/aromatic N) is 2. The summed E-state index contributed by atoms with van der Waals surface area (Å²) in [6.45, 7) is 0. The first-order valence-corrected chi connectivity index (χ1v) is 11.0. The van der Waals surface area contributed by atoms with Crippen molar-refractivity contribution in [3.8, 4) is 11.3 Å². The first kappa shape index (κ1) is 18.7. The molecule has 0 bridgehead atoms. The Morgan fingerprint density at radius 3 is 2.61 bits per heavy atom. The van der Waals surface area contributed by atoms with Gasteiger partial charge in [-0.3, -0.25) is 19.0 Å². The van der Waals surface area contributed by atoms with Gasteiger partial charge in [0, 0.05) is 50.7 Å². The van der Waals surface area contributed by atoms with Gasteiger partial charge in [-0.05, 0) is 49.9 Å². The number of hydrogen-bond acceptors (Lipinski definition) is 4. The highest BCUT2D eigenvalue weighted by Gasteiger charge is 2.28. The van der Waals surface area contributed by atoms with E-state index in [1.165, 1.54) is 0 Å². The van der Waals surface area contributed by atoms with Crippen molar-refractivity contribution in [2.24, 2.45) is 5.92 Å². The molecule has 4 rings (SSSR count). The standard InChI is InChI=1S/C22H22N2O3S/c1-28(27)18-6-2-4-16(12-18)21-20-17(5-3-11-23-20)13-19(24-21)14-7-9-15(10-8-14)22(25)26/h2-6,11-15H,7-10H2,1H3,(H,25,26). The third-order valence-electron chi connectivity index (χ3n) is 5.54. The van der Waals surface area contributed by atoms with Gasteiger partial charge in [0.2, 0.25) is 0 Å². The fourth-order valence-electron chi connectivity index (χ4n) is 3.97. The maximum Gasteiger partial charge on any atom is 0.306 e. The number of aliphatic carboxylic acids is 1. The van der Waals surface area contributed by atoms with Gasteiger partial charge in [0.25, 0.3) is 0 Å². The van der Waals surface area contributed by atoms with Crippen molar-refractivity contribution >= 4 is 27.7 Å². The van der Waals surface area contributed by atoms with Gasteiger partial charge in [-0.2, -0.15) is 0 Å². The third-order valence-corrected chi connectivity index (χ3v) is 6.46. The third kappa shape index (κ3) is 3.69. The van der Waals surface area contributed by atoms with E-state index in [9.17, 15) is 14.1 Å². The molecule has 1 unspecified atom stereocenters. The lowest BCUT2D eigenvalue weighted by atomic mass is 9.80. The monoisotopic (exact) mass is 394 g/mol. The molecule has 144 valence electrons. The Hall–Kier alpha value is -2.60. The molecule has 2 aromatic heterocycles. The van der Waals surface area contributed by atoms with Gasteiger partial charge in [-0.1, -0.05) is 18.2 Å². The molecule has 1 fully saturated rings. The highest BCUT2D eigenvalue weighted by molar-refractivity contribution is 7.84. The number of pyridine rings is 2. The Morgan fingerprint density at radius 2 is 1.89 bits per heavy atom. The molecule has 2 heterocycles. The zero-order valence-electron chi connectivity index (χ0n) is 15.7. The van der Waals surface area contributed by atoms with Gasteiger partial charge in [0.1, 0.15) is 0 Å². The Morgan fingerprint density at radius 1 is 1.11 bits per heavy atom. The van der Waals surface area contributed by atoms with Gasteiger partial charge in [-0.25, -0.2) is 0 Å². The van der Waals surface area contributed by atoms with Gasteiger partial charge in [-0.15, -0.1) is 0 Å². The van der Waals surface area contributed by atoms with E-state index in [2.05, 4.69) is 11.1 Å². The topological polar surface area (TPSA) is 80.2 Å². The van der Waals surface area contributed by atoms with Crippen LogP contribution in [0.1, 0.15) is 37.3 Å². The van der Waals surface area contributed by atoms with Crippen LogP contribution in [0.3, 0.4) is 0 Å². The van der Waals surface area contributed by atoms with Crippen molar-refractivity contribution in [3.63, 3.8) is 0 Å². The van der Waals surface area contributed by atoms with Crippen LogP contribution in [0, 0.1) is 5.92 Å². The molecular formula is C22H22N2O3S. The van der Waals surface area contributed by atoms with E-state index in [1.54, 1.807) is 12.5 Å². The first-order valence-electron chi connectivity index (χ1n) is 9.45. The van der Waals surface area contributed by atoms with Crippen molar-refractivity contribution in [1.82, 2.24) is 9.97 Å². The van der Waals surface area contributed by atoms with Crippen LogP contribution in [0.4, 0.5) is 0 Å². The fourth-order valence-corrected chi connectivity index (χ4v) is 4.54. The molecule has 0 saturated heterocycles. The number of aromatic nitrogens is 2. The molecule has 0 spiro atoms. The lowest BCUT2D eigenvalue weighted by molar-refractivity contribution is -0.142. The van der Waals surface area contributed by atoms with Crippen molar-refractivity contribution in [3.05, 3.63) is 54.4 Å². The molecule has 3 aromatic rings. The number of benzene rings is 1. The molecule has 1 atom stereocenters. The molecule has 1 aliphatic rings. The number of fused-ring (bicyclic) bond motifs is 1. The summed E-state index contributed by atoms with van der Waals surface area (Å²) in [4.78, 5) is 21.5. The number of hydrogen-bond donors (Lipinski definition) is 1. The van der Waals surface area contributed by atoms with Gasteiger partial charge >= 0.3 is 5.97 Å². The van der Waals surface area contributed by atoms with Gasteiger partial charge < -0.3 is 5.11 Å². The molecule has 28 heavy (non-hydrogen) atoms. The summed E-state index contributed by atoms with van der Waals surface area (Å²) in [6.07, 6.45) is 6.45. The molecule has 0 amide bonds. The van der Waals surface area contributed by atoms with E-state index in [4.69, 9.17) is 4.98 Å². The summed E-state index contributed by atoms with van der Waals surface area (Å²) >= 11 is 0. The first-order chi connectivity index (χ1) is 13.5. The molecule has 0 aliphatic heterocycles. The fraction of sp³-hybridized carbons (Fsp3) is 0.318. The molecular weight excluding hydrogens is 372 g/mol. The second-order valence-electron chi connectivity index (χ2n) is 7.34. The van der Waals surface area contributed by atoms with Crippen LogP contribution >= 0.6 is 0 Å². The Balaban J connectivity index is 1.78. The number of carboxylic acid groups (broad SMARTS) is 1. The van der Waals surface area contributed by atoms with Crippen molar-refractivity contribution in [1.29, 1.82) is 0 Å². The molecule has 1 saturated carbocycles. The highest BCUT2D eigenvalue weighted by Crippen LogP contribution is 2.37. The van der Waals surface area contributed by atoms with E-state index in [-0.39, 0.29) is 11.8 Å². The largest absolute Gasteiger partial charge is 0.481 e. The average Bonchev–Trinajstić information content (AvgIpc) is 2.73. The number of rotatable bonds is 4. The van der Waals surface area contributed by atoms with Crippen LogP contribution in [-0.2, 0) is 15.6 Å². The van der Waals surface area contributed by atoms with E-state index in [0.29, 0.717) is 12.8 Å². The number of carboxylic acids is 1. The number of carbonyl (C=O) groups is 1. The molecule has 5 nitrogen and oxygen atoms in total. The minimum Gasteiger partial charge on any atom is -0.481 e. The Bertz CT molecular complexity index is 1060. The van der Waals surface area contributed by atoms with E-state index in [0.717, 1.165) is 45.6 Å². The lowest BCUT2D eigenvalue weighted by Crippen LogP contribution is -2.21. The smallest absolute Gasteiger partial charge is 0.306 e. The predicted octanol–water partition coefficient (Wildman–Crippen LogP) is 4.39. The zero-order valence-corrected chi connectivity index (χ0v) is 16.5. The molecule has 1 N–H and O–H groups in total. The summed E-state index contributed by atoms with van der Waals surface area (Å²) in [5.41, 5.74) is 3.50. The summed E-state index contributed by atoms with van der Waals surface area (Å²) in [7, 11) is -1.07. The van der Waals surface area contributed by atoms with Crippen molar-refractivity contribution in [2.75, 3.05) is 6.26 Å². The minimum absolute atomic E-state index is 0.242. The highest BCUT2D eigenvalue weighted by atomic mass is 32.2. The summed E-state index contributed by atoms with van der Waals surface area (Å²) in [5, 5.41) is 10.3. The van der Waals surface area contributed by atoms with Crippen molar-refractivity contribution < 1.29 is 14.1 Å². The van der Waals surface area contributed by atoms with Crippen LogP contribution < -0.4 is 0 Å². The van der Waals surface area contributed by atoms with Crippen molar-refractivity contribution in [2.45, 2.75) is 36.5 Å². The molecule has 1 aromatic carbocycles. The predicted molar refractivity (Wildman–Crippen MR) is 110 cm³/mol. The second kappa shape index (κ2) is 7.80. The van der Waals surface area contributed by atoms with Crippen LogP contribution in [0.5, 0.6) is 0 Å². The summed E-state index contributed by atoms with van der Waals surface area (Å²) in [5.74, 6) is -0.685. The maximum atomic E-state index is 11.9. The van der Waals surface area contributed by atoms with Crippen LogP contribution in [0.2, 0.25) is 0 Å². The van der Waals surface area contributed by atoms with E-state index < -0.39 is 16.8 Å². The normalized spacial score (nSPS) is 20.8. The molecule has 6 heteroatoms. The maximum absolute atomic E-state index is 11.9. The van der Waals surface area contributed by atoms with E-state index >= 15 is 0 Å². The summed E-state index contributed by atoms with van der Waals surface area (Å²) in [6, 6.07) is 13.7. The second-order valence-corrected chi connectivity index (χ2v) is 8.72. The Labute approximate surface area is 166 Å². The quantitative estimate of drug-likeness (QED) is 0.710. The lowest BCUT2D eigenvalue weighted by Gasteiger charge is -2.26. The van der Waals surface area contributed by atoms with E-state index in [1.807, 2.05) is 36.4 Å². The van der Waals surface area contributed by atoms with Gasteiger partial charge in [0.05, 0.1) is 17.1 Å². The molecule has 0 radical (unpaired) electrons. The van der Waals surface area contributed by atoms with Crippen LogP contribution in [0.15, 0.2) is 53.6 Å². The SMILES string of the molecule is CS(=O)c1cccc(-c2nc(C3CCC(C(=O)O)CC3)cc3cccnc23)c1. The van der Waals surface area contributed by atoms with Crippen LogP contribution in [0.25, 0.3) is 22.2 Å². The van der Waals surface area contributed by atoms with Gasteiger partial charge in [0.15, 0.2) is 0 Å². The minimum atomic E-state index is -1.07. The van der Waals surface area contributed by atoms with Crippen LogP contribution in [-0.4, -0.2) is 31.5 Å². The Kier molecular flexibility index (Phi) is 5.22. The molecule has 1 aliphatic carbocycles. The average molecular weight is 394 g/mol. The summed E-state index contributed by atoms with van der Waals surface area (Å²) < 4.78 is 11.9. The zero-order chi connectivity index (χ0) is 19.7.